The number of amides is 1. The van der Waals surface area contributed by atoms with Crippen molar-refractivity contribution in [1.82, 2.24) is 0 Å². The number of aromatic carboxylic acids is 1. The molecule has 74 valence electrons. The number of carboxylic acid groups (broad SMARTS) is 1. The predicted molar refractivity (Wildman–Crippen MR) is 53.0 cm³/mol. The Morgan fingerprint density at radius 1 is 1.57 bits per heavy atom. The van der Waals surface area contributed by atoms with Crippen molar-refractivity contribution in [3.63, 3.8) is 0 Å². The van der Waals surface area contributed by atoms with E-state index in [4.69, 9.17) is 5.11 Å². The standard InChI is InChI=1S/C9H9NO3S/c1-5(11)10-3-2-7-6(10)4-8(14-7)9(12)13/h4H,2-3H2,1H3,(H,12,13). The molecule has 4 nitrogen and oxygen atoms in total. The van der Waals surface area contributed by atoms with E-state index in [0.29, 0.717) is 11.4 Å². The number of rotatable bonds is 1. The number of carbonyl (C=O) groups is 2. The van der Waals surface area contributed by atoms with Crippen LogP contribution in [0.3, 0.4) is 0 Å². The summed E-state index contributed by atoms with van der Waals surface area (Å²) in [6.45, 7) is 2.17. The van der Waals surface area contributed by atoms with Crippen molar-refractivity contribution >= 4 is 28.9 Å². The Morgan fingerprint density at radius 2 is 2.29 bits per heavy atom. The van der Waals surface area contributed by atoms with Crippen LogP contribution in [0.15, 0.2) is 6.07 Å². The Bertz CT molecular complexity index is 410. The monoisotopic (exact) mass is 211 g/mol. The summed E-state index contributed by atoms with van der Waals surface area (Å²) >= 11 is 1.26. The van der Waals surface area contributed by atoms with E-state index in [-0.39, 0.29) is 5.91 Å². The molecule has 0 unspecified atom stereocenters. The maximum atomic E-state index is 11.2. The van der Waals surface area contributed by atoms with Crippen molar-refractivity contribution in [3.05, 3.63) is 15.8 Å². The molecule has 5 heteroatoms. The number of anilines is 1. The van der Waals surface area contributed by atoms with Gasteiger partial charge in [0.1, 0.15) is 4.88 Å². The van der Waals surface area contributed by atoms with Crippen molar-refractivity contribution in [2.24, 2.45) is 0 Å². The molecule has 1 aliphatic rings. The fourth-order valence-electron chi connectivity index (χ4n) is 1.59. The summed E-state index contributed by atoms with van der Waals surface area (Å²) in [5.74, 6) is -0.952. The van der Waals surface area contributed by atoms with E-state index in [0.717, 1.165) is 17.0 Å². The molecule has 2 rings (SSSR count). The first-order valence-electron chi connectivity index (χ1n) is 4.23. The van der Waals surface area contributed by atoms with E-state index in [9.17, 15) is 9.59 Å². The van der Waals surface area contributed by atoms with Crippen LogP contribution in [-0.4, -0.2) is 23.5 Å². The molecule has 0 bridgehead atoms. The summed E-state index contributed by atoms with van der Waals surface area (Å²) in [6.07, 6.45) is 0.771. The average Bonchev–Trinajstić information content (AvgIpc) is 2.58. The number of fused-ring (bicyclic) bond motifs is 1. The van der Waals surface area contributed by atoms with Gasteiger partial charge in [0.25, 0.3) is 0 Å². The Hall–Kier alpha value is -1.36. The lowest BCUT2D eigenvalue weighted by Gasteiger charge is -2.12. The van der Waals surface area contributed by atoms with Crippen LogP contribution < -0.4 is 4.90 Å². The molecule has 0 radical (unpaired) electrons. The molecule has 1 aromatic rings. The quantitative estimate of drug-likeness (QED) is 0.763. The van der Waals surface area contributed by atoms with Crippen LogP contribution in [0.4, 0.5) is 5.69 Å². The van der Waals surface area contributed by atoms with Crippen LogP contribution in [-0.2, 0) is 11.2 Å². The maximum Gasteiger partial charge on any atom is 0.345 e. The molecule has 0 saturated carbocycles. The Morgan fingerprint density at radius 3 is 2.86 bits per heavy atom. The largest absolute Gasteiger partial charge is 0.477 e. The minimum absolute atomic E-state index is 0.0292. The molecule has 1 aliphatic heterocycles. The first-order valence-corrected chi connectivity index (χ1v) is 5.05. The fraction of sp³-hybridized carbons (Fsp3) is 0.333. The molecular weight excluding hydrogens is 202 g/mol. The summed E-state index contributed by atoms with van der Waals surface area (Å²) in [7, 11) is 0. The summed E-state index contributed by atoms with van der Waals surface area (Å²) in [5, 5.41) is 8.77. The smallest absolute Gasteiger partial charge is 0.345 e. The second kappa shape index (κ2) is 3.09. The van der Waals surface area contributed by atoms with Crippen LogP contribution in [0.1, 0.15) is 21.5 Å². The van der Waals surface area contributed by atoms with E-state index >= 15 is 0 Å². The summed E-state index contributed by atoms with van der Waals surface area (Å²) in [6, 6.07) is 1.58. The Labute approximate surface area is 84.8 Å². The van der Waals surface area contributed by atoms with Crippen molar-refractivity contribution in [2.75, 3.05) is 11.4 Å². The Kier molecular flexibility index (Phi) is 2.03. The average molecular weight is 211 g/mol. The summed E-state index contributed by atoms with van der Waals surface area (Å²) in [5.41, 5.74) is 0.778. The van der Waals surface area contributed by atoms with Gasteiger partial charge in [-0.3, -0.25) is 4.79 Å². The number of hydrogen-bond acceptors (Lipinski definition) is 3. The topological polar surface area (TPSA) is 57.6 Å². The second-order valence-electron chi connectivity index (χ2n) is 3.14. The molecule has 2 heterocycles. The number of thiophene rings is 1. The third-order valence-corrected chi connectivity index (χ3v) is 3.40. The van der Waals surface area contributed by atoms with Crippen molar-refractivity contribution < 1.29 is 14.7 Å². The number of hydrogen-bond donors (Lipinski definition) is 1. The van der Waals surface area contributed by atoms with Gasteiger partial charge in [-0.1, -0.05) is 0 Å². The molecule has 0 aromatic carbocycles. The molecule has 0 fully saturated rings. The summed E-state index contributed by atoms with van der Waals surface area (Å²) < 4.78 is 0. The first kappa shape index (κ1) is 9.21. The molecule has 1 aromatic heterocycles. The molecule has 0 aliphatic carbocycles. The minimum atomic E-state index is -0.923. The lowest BCUT2D eigenvalue weighted by Crippen LogP contribution is -2.25. The molecule has 0 spiro atoms. The van der Waals surface area contributed by atoms with Crippen molar-refractivity contribution in [2.45, 2.75) is 13.3 Å². The third-order valence-electron chi connectivity index (χ3n) is 2.23. The highest BCUT2D eigenvalue weighted by Crippen LogP contribution is 2.35. The zero-order valence-electron chi connectivity index (χ0n) is 7.61. The van der Waals surface area contributed by atoms with Gasteiger partial charge >= 0.3 is 5.97 Å². The Balaban J connectivity index is 2.40. The van der Waals surface area contributed by atoms with Crippen LogP contribution >= 0.6 is 11.3 Å². The van der Waals surface area contributed by atoms with E-state index in [1.165, 1.54) is 18.3 Å². The fourth-order valence-corrected chi connectivity index (χ4v) is 2.58. The molecule has 1 N–H and O–H groups in total. The van der Waals surface area contributed by atoms with Crippen molar-refractivity contribution in [1.29, 1.82) is 0 Å². The maximum absolute atomic E-state index is 11.2. The number of nitrogens with zero attached hydrogens (tertiary/aromatic N) is 1. The first-order chi connectivity index (χ1) is 6.59. The molecule has 0 saturated heterocycles. The van der Waals surface area contributed by atoms with Gasteiger partial charge in [-0.25, -0.2) is 4.79 Å². The van der Waals surface area contributed by atoms with Gasteiger partial charge in [-0.15, -0.1) is 11.3 Å². The van der Waals surface area contributed by atoms with Crippen LogP contribution in [0, 0.1) is 0 Å². The van der Waals surface area contributed by atoms with Gasteiger partial charge in [-0.05, 0) is 6.07 Å². The normalized spacial score (nSPS) is 14.2. The lowest BCUT2D eigenvalue weighted by molar-refractivity contribution is -0.116. The zero-order valence-corrected chi connectivity index (χ0v) is 8.43. The molecular formula is C9H9NO3S. The minimum Gasteiger partial charge on any atom is -0.477 e. The highest BCUT2D eigenvalue weighted by Gasteiger charge is 2.26. The SMILES string of the molecule is CC(=O)N1CCc2sc(C(=O)O)cc21. The number of carbonyl (C=O) groups excluding carboxylic acids is 1. The van der Waals surface area contributed by atoms with E-state index in [2.05, 4.69) is 0 Å². The zero-order chi connectivity index (χ0) is 10.3. The van der Waals surface area contributed by atoms with E-state index in [1.54, 1.807) is 11.0 Å². The van der Waals surface area contributed by atoms with E-state index in [1.807, 2.05) is 0 Å². The molecule has 14 heavy (non-hydrogen) atoms. The predicted octanol–water partition coefficient (Wildman–Crippen LogP) is 1.36. The van der Waals surface area contributed by atoms with E-state index < -0.39 is 5.97 Å². The highest BCUT2D eigenvalue weighted by atomic mass is 32.1. The third kappa shape index (κ3) is 1.29. The van der Waals surface area contributed by atoms with Gasteiger partial charge in [0, 0.05) is 24.8 Å². The highest BCUT2D eigenvalue weighted by molar-refractivity contribution is 7.14. The van der Waals surface area contributed by atoms with Gasteiger partial charge in [-0.2, -0.15) is 0 Å². The van der Waals surface area contributed by atoms with Crippen LogP contribution in [0.2, 0.25) is 0 Å². The van der Waals surface area contributed by atoms with Crippen molar-refractivity contribution in [3.8, 4) is 0 Å². The summed E-state index contributed by atoms with van der Waals surface area (Å²) in [4.78, 5) is 24.8. The van der Waals surface area contributed by atoms with Crippen LogP contribution in [0.5, 0.6) is 0 Å². The lowest BCUT2D eigenvalue weighted by atomic mass is 10.3. The second-order valence-corrected chi connectivity index (χ2v) is 4.28. The van der Waals surface area contributed by atoms with Gasteiger partial charge in [0.05, 0.1) is 5.69 Å². The molecule has 1 amide bonds. The van der Waals surface area contributed by atoms with Gasteiger partial charge in [0.15, 0.2) is 0 Å². The van der Waals surface area contributed by atoms with Gasteiger partial charge < -0.3 is 10.0 Å². The molecule has 0 atom stereocenters. The number of carboxylic acids is 1. The van der Waals surface area contributed by atoms with Gasteiger partial charge in [0.2, 0.25) is 5.91 Å². The van der Waals surface area contributed by atoms with Crippen LogP contribution in [0.25, 0.3) is 0 Å².